The molecule has 2 fully saturated rings. The van der Waals surface area contributed by atoms with E-state index in [0.717, 1.165) is 6.54 Å². The average Bonchev–Trinajstić information content (AvgIpc) is 2.83. The Morgan fingerprint density at radius 2 is 1.83 bits per heavy atom. The van der Waals surface area contributed by atoms with E-state index in [0.29, 0.717) is 37.6 Å². The average molecular weight is 359 g/mol. The Balaban J connectivity index is 1.86. The van der Waals surface area contributed by atoms with Crippen molar-refractivity contribution >= 4 is 21.7 Å². The molecule has 2 rings (SSSR count). The number of nitrogens with zero attached hydrogens (tertiary/aromatic N) is 1. The Bertz CT molecular complexity index is 562. The zero-order chi connectivity index (χ0) is 17.9. The van der Waals surface area contributed by atoms with Gasteiger partial charge in [-0.2, -0.15) is 0 Å². The predicted octanol–water partition coefficient (Wildman–Crippen LogP) is -0.241. The van der Waals surface area contributed by atoms with Gasteiger partial charge in [-0.3, -0.25) is 14.5 Å². The molecule has 0 aliphatic carbocycles. The lowest BCUT2D eigenvalue weighted by atomic mass is 9.90. The maximum atomic E-state index is 12.4. The van der Waals surface area contributed by atoms with Crippen LogP contribution < -0.4 is 11.1 Å². The molecule has 0 bridgehead atoms. The number of carbonyl (C=O) groups excluding carboxylic acids is 2. The number of amides is 2. The number of rotatable bonds is 6. The van der Waals surface area contributed by atoms with Gasteiger partial charge in [-0.1, -0.05) is 13.8 Å². The van der Waals surface area contributed by atoms with Gasteiger partial charge in [-0.05, 0) is 30.6 Å². The normalized spacial score (nSPS) is 28.1. The second-order valence-corrected chi connectivity index (χ2v) is 9.85. The molecule has 7 nitrogen and oxygen atoms in total. The van der Waals surface area contributed by atoms with Crippen LogP contribution in [0.5, 0.6) is 0 Å². The topological polar surface area (TPSA) is 110 Å². The first-order valence-electron chi connectivity index (χ1n) is 8.66. The van der Waals surface area contributed by atoms with Gasteiger partial charge in [0.15, 0.2) is 0 Å². The Kier molecular flexibility index (Phi) is 6.25. The molecule has 0 saturated carbocycles. The van der Waals surface area contributed by atoms with E-state index in [1.165, 1.54) is 0 Å². The predicted molar refractivity (Wildman–Crippen MR) is 91.9 cm³/mol. The number of nitrogens with two attached hydrogens (primary N) is 1. The SMILES string of the molecule is CC(C)[C@H]1CN(CC(N)=O)C[C@@H]1NC(=O)CC1CCS(=O)(=O)CC1. The van der Waals surface area contributed by atoms with Crippen LogP contribution in [0.15, 0.2) is 0 Å². The van der Waals surface area contributed by atoms with E-state index in [4.69, 9.17) is 5.73 Å². The summed E-state index contributed by atoms with van der Waals surface area (Å²) in [6.07, 6.45) is 1.52. The number of hydrogen-bond donors (Lipinski definition) is 2. The summed E-state index contributed by atoms with van der Waals surface area (Å²) in [7, 11) is -2.89. The summed E-state index contributed by atoms with van der Waals surface area (Å²) < 4.78 is 22.9. The van der Waals surface area contributed by atoms with Crippen molar-refractivity contribution in [3.8, 4) is 0 Å². The number of likely N-dealkylation sites (tertiary alicyclic amines) is 1. The van der Waals surface area contributed by atoms with Crippen LogP contribution >= 0.6 is 0 Å². The van der Waals surface area contributed by atoms with Gasteiger partial charge in [0, 0.05) is 25.6 Å². The van der Waals surface area contributed by atoms with Crippen LogP contribution in [0.3, 0.4) is 0 Å². The first-order valence-corrected chi connectivity index (χ1v) is 10.5. The highest BCUT2D eigenvalue weighted by Gasteiger charge is 2.36. The highest BCUT2D eigenvalue weighted by molar-refractivity contribution is 7.91. The van der Waals surface area contributed by atoms with Crippen LogP contribution in [0, 0.1) is 17.8 Å². The van der Waals surface area contributed by atoms with Crippen LogP contribution in [0.4, 0.5) is 0 Å². The van der Waals surface area contributed by atoms with E-state index >= 15 is 0 Å². The molecule has 24 heavy (non-hydrogen) atoms. The molecule has 8 heteroatoms. The van der Waals surface area contributed by atoms with Crippen molar-refractivity contribution in [1.82, 2.24) is 10.2 Å². The molecule has 138 valence electrons. The smallest absolute Gasteiger partial charge is 0.231 e. The highest BCUT2D eigenvalue weighted by atomic mass is 32.2. The van der Waals surface area contributed by atoms with Gasteiger partial charge >= 0.3 is 0 Å². The van der Waals surface area contributed by atoms with E-state index in [1.54, 1.807) is 0 Å². The Morgan fingerprint density at radius 1 is 1.21 bits per heavy atom. The number of primary amides is 1. The van der Waals surface area contributed by atoms with Crippen LogP contribution in [-0.4, -0.2) is 62.3 Å². The fourth-order valence-corrected chi connectivity index (χ4v) is 5.35. The zero-order valence-electron chi connectivity index (χ0n) is 14.5. The molecule has 0 spiro atoms. The molecule has 2 atom stereocenters. The molecule has 2 aliphatic heterocycles. The molecular weight excluding hydrogens is 330 g/mol. The fraction of sp³-hybridized carbons (Fsp3) is 0.875. The maximum absolute atomic E-state index is 12.4. The summed E-state index contributed by atoms with van der Waals surface area (Å²) in [5.74, 6) is 0.844. The Morgan fingerprint density at radius 3 is 2.38 bits per heavy atom. The number of hydrogen-bond acceptors (Lipinski definition) is 5. The first-order chi connectivity index (χ1) is 11.2. The van der Waals surface area contributed by atoms with E-state index in [1.807, 2.05) is 4.90 Å². The largest absolute Gasteiger partial charge is 0.369 e. The lowest BCUT2D eigenvalue weighted by molar-refractivity contribution is -0.123. The van der Waals surface area contributed by atoms with Crippen molar-refractivity contribution in [2.75, 3.05) is 31.1 Å². The van der Waals surface area contributed by atoms with E-state index in [9.17, 15) is 18.0 Å². The monoisotopic (exact) mass is 359 g/mol. The van der Waals surface area contributed by atoms with Crippen LogP contribution in [-0.2, 0) is 19.4 Å². The number of nitrogens with one attached hydrogen (secondary N) is 1. The van der Waals surface area contributed by atoms with Gasteiger partial charge in [-0.15, -0.1) is 0 Å². The summed E-state index contributed by atoms with van der Waals surface area (Å²) in [4.78, 5) is 25.5. The fourth-order valence-electron chi connectivity index (χ4n) is 3.76. The molecule has 2 amide bonds. The van der Waals surface area contributed by atoms with Gasteiger partial charge in [-0.25, -0.2) is 8.42 Å². The first kappa shape index (κ1) is 19.2. The molecule has 0 aromatic carbocycles. The maximum Gasteiger partial charge on any atom is 0.231 e. The minimum atomic E-state index is -2.89. The van der Waals surface area contributed by atoms with Gasteiger partial charge in [0.2, 0.25) is 11.8 Å². The second-order valence-electron chi connectivity index (χ2n) is 7.54. The third kappa shape index (κ3) is 5.44. The molecule has 2 saturated heterocycles. The highest BCUT2D eigenvalue weighted by Crippen LogP contribution is 2.26. The number of sulfone groups is 1. The minimum Gasteiger partial charge on any atom is -0.369 e. The summed E-state index contributed by atoms with van der Waals surface area (Å²) in [6, 6.07) is 0.0178. The van der Waals surface area contributed by atoms with Gasteiger partial charge < -0.3 is 11.1 Å². The summed E-state index contributed by atoms with van der Waals surface area (Å²) in [6.45, 7) is 5.84. The molecule has 0 aromatic rings. The van der Waals surface area contributed by atoms with Crippen molar-refractivity contribution in [3.05, 3.63) is 0 Å². The second kappa shape index (κ2) is 7.82. The van der Waals surface area contributed by atoms with Crippen molar-refractivity contribution < 1.29 is 18.0 Å². The van der Waals surface area contributed by atoms with Crippen LogP contribution in [0.1, 0.15) is 33.1 Å². The van der Waals surface area contributed by atoms with Gasteiger partial charge in [0.05, 0.1) is 18.1 Å². The van der Waals surface area contributed by atoms with Gasteiger partial charge in [0.25, 0.3) is 0 Å². The van der Waals surface area contributed by atoms with Crippen molar-refractivity contribution in [2.45, 2.75) is 39.2 Å². The molecule has 2 heterocycles. The van der Waals surface area contributed by atoms with E-state index in [-0.39, 0.29) is 41.8 Å². The minimum absolute atomic E-state index is 0.0177. The quantitative estimate of drug-likeness (QED) is 0.680. The Labute approximate surface area is 144 Å². The van der Waals surface area contributed by atoms with Crippen molar-refractivity contribution in [1.29, 1.82) is 0 Å². The standard InChI is InChI=1S/C16H29N3O4S/c1-11(2)13-8-19(10-15(17)20)9-14(13)18-16(21)7-12-3-5-24(22,23)6-4-12/h11-14H,3-10H2,1-2H3,(H2,17,20)(H,18,21)/t13-,14+/m1/s1. The lowest BCUT2D eigenvalue weighted by Gasteiger charge is -2.25. The molecule has 3 N–H and O–H groups in total. The van der Waals surface area contributed by atoms with E-state index in [2.05, 4.69) is 19.2 Å². The Hall–Kier alpha value is -1.15. The lowest BCUT2D eigenvalue weighted by Crippen LogP contribution is -2.43. The summed E-state index contributed by atoms with van der Waals surface area (Å²) in [5, 5.41) is 3.10. The van der Waals surface area contributed by atoms with Crippen LogP contribution in [0.2, 0.25) is 0 Å². The number of carbonyl (C=O) groups is 2. The van der Waals surface area contributed by atoms with Crippen molar-refractivity contribution in [2.24, 2.45) is 23.5 Å². The molecule has 0 unspecified atom stereocenters. The molecular formula is C16H29N3O4S. The zero-order valence-corrected chi connectivity index (χ0v) is 15.3. The van der Waals surface area contributed by atoms with Crippen LogP contribution in [0.25, 0.3) is 0 Å². The van der Waals surface area contributed by atoms with Gasteiger partial charge in [0.1, 0.15) is 9.84 Å². The third-order valence-corrected chi connectivity index (χ3v) is 6.89. The van der Waals surface area contributed by atoms with Crippen molar-refractivity contribution in [3.63, 3.8) is 0 Å². The third-order valence-electron chi connectivity index (χ3n) is 5.17. The summed E-state index contributed by atoms with van der Waals surface area (Å²) >= 11 is 0. The summed E-state index contributed by atoms with van der Waals surface area (Å²) in [5.41, 5.74) is 5.27. The molecule has 0 radical (unpaired) electrons. The molecule has 2 aliphatic rings. The van der Waals surface area contributed by atoms with E-state index < -0.39 is 9.84 Å². The molecule has 0 aromatic heterocycles.